The van der Waals surface area contributed by atoms with E-state index in [1.165, 1.54) is 6.07 Å². The second-order valence-corrected chi connectivity index (χ2v) is 6.50. The Morgan fingerprint density at radius 2 is 1.96 bits per heavy atom. The molecule has 27 heavy (non-hydrogen) atoms. The summed E-state index contributed by atoms with van der Waals surface area (Å²) >= 11 is 0. The second-order valence-electron chi connectivity index (χ2n) is 6.50. The van der Waals surface area contributed by atoms with Crippen molar-refractivity contribution in [2.75, 3.05) is 5.32 Å². The number of nitrogens with one attached hydrogen (secondary N) is 2. The van der Waals surface area contributed by atoms with E-state index in [1.54, 1.807) is 17.7 Å². The first kappa shape index (κ1) is 17.0. The maximum Gasteiger partial charge on any atom is 0.257 e. The molecule has 0 saturated carbocycles. The van der Waals surface area contributed by atoms with Crippen LogP contribution in [-0.2, 0) is 6.54 Å². The van der Waals surface area contributed by atoms with Gasteiger partial charge in [-0.3, -0.25) is 19.7 Å². The van der Waals surface area contributed by atoms with Crippen LogP contribution in [0.2, 0.25) is 0 Å². The van der Waals surface area contributed by atoms with Crippen molar-refractivity contribution in [1.82, 2.24) is 19.9 Å². The number of anilines is 1. The summed E-state index contributed by atoms with van der Waals surface area (Å²) in [5, 5.41) is 6.43. The number of pyridine rings is 1. The first-order valence-electron chi connectivity index (χ1n) is 8.75. The lowest BCUT2D eigenvalue weighted by Crippen LogP contribution is -2.48. The zero-order valence-corrected chi connectivity index (χ0v) is 15.2. The van der Waals surface area contributed by atoms with Crippen LogP contribution in [-0.4, -0.2) is 20.5 Å². The fourth-order valence-corrected chi connectivity index (χ4v) is 3.00. The molecule has 0 amide bonds. The number of benzene rings is 1. The number of aromatic nitrogens is 3. The third kappa shape index (κ3) is 3.57. The van der Waals surface area contributed by atoms with E-state index in [-0.39, 0.29) is 11.7 Å². The number of rotatable bonds is 3. The highest BCUT2D eigenvalue weighted by Crippen LogP contribution is 2.22. The molecule has 1 aliphatic heterocycles. The smallest absolute Gasteiger partial charge is 0.257 e. The van der Waals surface area contributed by atoms with Crippen molar-refractivity contribution in [1.29, 1.82) is 0 Å². The summed E-state index contributed by atoms with van der Waals surface area (Å²) in [6.45, 7) is 4.26. The summed E-state index contributed by atoms with van der Waals surface area (Å²) in [7, 11) is 0. The average Bonchev–Trinajstić information content (AvgIpc) is 2.67. The van der Waals surface area contributed by atoms with E-state index in [4.69, 9.17) is 0 Å². The third-order valence-corrected chi connectivity index (χ3v) is 4.36. The van der Waals surface area contributed by atoms with Gasteiger partial charge in [-0.2, -0.15) is 0 Å². The van der Waals surface area contributed by atoms with Gasteiger partial charge in [0.2, 0.25) is 5.95 Å². The lowest BCUT2D eigenvalue weighted by atomic mass is 10.1. The molecular weight excluding hydrogens is 340 g/mol. The molecule has 1 aliphatic rings. The molecule has 7 nitrogen and oxygen atoms in total. The summed E-state index contributed by atoms with van der Waals surface area (Å²) in [6.07, 6.45) is 1.36. The summed E-state index contributed by atoms with van der Waals surface area (Å²) in [5.41, 5.74) is 3.52. The molecule has 0 unspecified atom stereocenters. The van der Waals surface area contributed by atoms with Crippen LogP contribution in [0.25, 0.3) is 0 Å². The first-order chi connectivity index (χ1) is 13.1. The van der Waals surface area contributed by atoms with E-state index >= 15 is 0 Å². The molecule has 4 rings (SSSR count). The Bertz CT molecular complexity index is 1040. The minimum absolute atomic E-state index is 0.119. The predicted molar refractivity (Wildman–Crippen MR) is 105 cm³/mol. The maximum absolute atomic E-state index is 12.6. The van der Waals surface area contributed by atoms with Gasteiger partial charge in [-0.05, 0) is 31.5 Å². The molecule has 136 valence electrons. The van der Waals surface area contributed by atoms with Crippen LogP contribution in [0.3, 0.4) is 0 Å². The number of aryl methyl sites for hydroxylation is 2. The largest absolute Gasteiger partial charge is 0.331 e. The average molecular weight is 360 g/mol. The van der Waals surface area contributed by atoms with Crippen molar-refractivity contribution < 1.29 is 0 Å². The molecule has 2 aromatic heterocycles. The lowest BCUT2D eigenvalue weighted by molar-refractivity contribution is 0.514. The second kappa shape index (κ2) is 7.03. The topological polar surface area (TPSA) is 84.2 Å². The molecule has 3 aromatic rings. The minimum Gasteiger partial charge on any atom is -0.331 e. The molecule has 0 radical (unpaired) electrons. The number of hydrogen-bond donors (Lipinski definition) is 2. The zero-order valence-electron chi connectivity index (χ0n) is 15.2. The van der Waals surface area contributed by atoms with Crippen LogP contribution in [0, 0.1) is 13.8 Å². The van der Waals surface area contributed by atoms with Crippen LogP contribution < -0.4 is 16.2 Å². The van der Waals surface area contributed by atoms with Crippen LogP contribution >= 0.6 is 0 Å². The Labute approximate surface area is 156 Å². The molecule has 0 saturated heterocycles. The molecule has 3 heterocycles. The Morgan fingerprint density at radius 1 is 1.15 bits per heavy atom. The highest BCUT2D eigenvalue weighted by molar-refractivity contribution is 5.93. The summed E-state index contributed by atoms with van der Waals surface area (Å²) < 4.78 is 1.61. The molecule has 7 heteroatoms. The van der Waals surface area contributed by atoms with Gasteiger partial charge in [0.05, 0.1) is 12.2 Å². The summed E-state index contributed by atoms with van der Waals surface area (Å²) in [6, 6.07) is 15.3. The third-order valence-electron chi connectivity index (χ3n) is 4.36. The Kier molecular flexibility index (Phi) is 4.42. The maximum atomic E-state index is 12.6. The Morgan fingerprint density at radius 3 is 2.70 bits per heavy atom. The number of fused-ring (bicyclic) bond motifs is 1. The van der Waals surface area contributed by atoms with Crippen LogP contribution in [0.4, 0.5) is 5.95 Å². The molecule has 0 aliphatic carbocycles. The molecule has 2 N–H and O–H groups in total. The quantitative estimate of drug-likeness (QED) is 0.749. The molecular formula is C20H20N6O. The number of nitrogens with zero attached hydrogens (tertiary/aromatic N) is 4. The van der Waals surface area contributed by atoms with E-state index in [0.29, 0.717) is 24.1 Å². The SMILES string of the molecule is Cc1ccc([C@H]2NC(=NCc3ccccn3)Nc3nc(C)cc(=O)n32)cc1. The predicted octanol–water partition coefficient (Wildman–Crippen LogP) is 2.37. The van der Waals surface area contributed by atoms with Crippen LogP contribution in [0.5, 0.6) is 0 Å². The highest BCUT2D eigenvalue weighted by Gasteiger charge is 2.26. The Balaban J connectivity index is 1.74. The molecule has 0 spiro atoms. The molecule has 0 bridgehead atoms. The lowest BCUT2D eigenvalue weighted by Gasteiger charge is -2.31. The number of hydrogen-bond acceptors (Lipinski definition) is 4. The van der Waals surface area contributed by atoms with Gasteiger partial charge in [-0.15, -0.1) is 0 Å². The standard InChI is InChI=1S/C20H20N6O/c1-13-6-8-15(9-7-13)18-24-19(22-12-16-5-3-4-10-21-16)25-20-23-14(2)11-17(27)26(18)20/h3-11,18H,12H2,1-2H3,(H2,22,23,24,25)/t18-/m0/s1. The van der Waals surface area contributed by atoms with Crippen molar-refractivity contribution in [2.45, 2.75) is 26.6 Å². The minimum atomic E-state index is -0.384. The zero-order chi connectivity index (χ0) is 18.8. The number of guanidine groups is 1. The van der Waals surface area contributed by atoms with Crippen molar-refractivity contribution >= 4 is 11.9 Å². The van der Waals surface area contributed by atoms with E-state index < -0.39 is 0 Å². The monoisotopic (exact) mass is 360 g/mol. The van der Waals surface area contributed by atoms with Gasteiger partial charge >= 0.3 is 0 Å². The summed E-state index contributed by atoms with van der Waals surface area (Å²) in [5.74, 6) is 1.04. The fraction of sp³-hybridized carbons (Fsp3) is 0.200. The van der Waals surface area contributed by atoms with Gasteiger partial charge in [0.1, 0.15) is 6.17 Å². The van der Waals surface area contributed by atoms with Crippen LogP contribution in [0.1, 0.15) is 28.7 Å². The van der Waals surface area contributed by atoms with E-state index in [1.807, 2.05) is 49.4 Å². The fourth-order valence-electron chi connectivity index (χ4n) is 3.00. The molecule has 0 fully saturated rings. The van der Waals surface area contributed by atoms with E-state index in [9.17, 15) is 4.79 Å². The highest BCUT2D eigenvalue weighted by atomic mass is 16.1. The van der Waals surface area contributed by atoms with E-state index in [0.717, 1.165) is 16.8 Å². The van der Waals surface area contributed by atoms with Crippen molar-refractivity contribution in [2.24, 2.45) is 4.99 Å². The molecule has 1 atom stereocenters. The van der Waals surface area contributed by atoms with Gasteiger partial charge in [-0.1, -0.05) is 35.9 Å². The van der Waals surface area contributed by atoms with Crippen molar-refractivity contribution in [3.05, 3.63) is 87.6 Å². The van der Waals surface area contributed by atoms with Gasteiger partial charge in [0, 0.05) is 18.0 Å². The van der Waals surface area contributed by atoms with Crippen molar-refractivity contribution in [3.8, 4) is 0 Å². The summed E-state index contributed by atoms with van der Waals surface area (Å²) in [4.78, 5) is 26.0. The molecule has 1 aromatic carbocycles. The Hall–Kier alpha value is -3.48. The van der Waals surface area contributed by atoms with Crippen LogP contribution in [0.15, 0.2) is 64.5 Å². The van der Waals surface area contributed by atoms with Gasteiger partial charge in [0.25, 0.3) is 5.56 Å². The van der Waals surface area contributed by atoms with E-state index in [2.05, 4.69) is 25.6 Å². The normalized spacial score (nSPS) is 17.1. The first-order valence-corrected chi connectivity index (χ1v) is 8.75. The van der Waals surface area contributed by atoms with Gasteiger partial charge in [0.15, 0.2) is 5.96 Å². The number of aliphatic imine (C=N–C) groups is 1. The van der Waals surface area contributed by atoms with Gasteiger partial charge < -0.3 is 5.32 Å². The van der Waals surface area contributed by atoms with Gasteiger partial charge in [-0.25, -0.2) is 9.98 Å². The van der Waals surface area contributed by atoms with Crippen molar-refractivity contribution in [3.63, 3.8) is 0 Å².